The highest BCUT2D eigenvalue weighted by molar-refractivity contribution is 5.60. The molecule has 22 heavy (non-hydrogen) atoms. The number of ether oxygens (including phenoxy) is 1. The average molecular weight is 302 g/mol. The van der Waals surface area contributed by atoms with Crippen molar-refractivity contribution in [1.29, 1.82) is 0 Å². The van der Waals surface area contributed by atoms with Crippen molar-refractivity contribution in [3.05, 3.63) is 46.2 Å². The van der Waals surface area contributed by atoms with Crippen LogP contribution in [-0.2, 0) is 5.60 Å². The molecule has 0 aliphatic heterocycles. The lowest BCUT2D eigenvalue weighted by molar-refractivity contribution is 0.0769. The number of aromatic nitrogens is 2. The fourth-order valence-electron chi connectivity index (χ4n) is 1.99. The highest BCUT2D eigenvalue weighted by Gasteiger charge is 2.21. The summed E-state index contributed by atoms with van der Waals surface area (Å²) >= 11 is 0. The van der Waals surface area contributed by atoms with E-state index in [2.05, 4.69) is 24.0 Å². The molecule has 1 aromatic carbocycles. The van der Waals surface area contributed by atoms with Crippen LogP contribution < -0.4 is 10.3 Å². The standard InChI is InChI=1S/C17H22N2O3/c1-11(2)10-22-13-7-5-12(6-8-13)15-9-14(17(3,4)21)16(20)19-18-15/h5-9,11,21H,10H2,1-4H3,(H,19,20). The normalized spacial score (nSPS) is 11.7. The Kier molecular flexibility index (Phi) is 4.66. The lowest BCUT2D eigenvalue weighted by atomic mass is 9.98. The molecule has 118 valence electrons. The van der Waals surface area contributed by atoms with E-state index in [4.69, 9.17) is 4.74 Å². The van der Waals surface area contributed by atoms with E-state index in [-0.39, 0.29) is 11.1 Å². The number of hydrogen-bond acceptors (Lipinski definition) is 4. The van der Waals surface area contributed by atoms with Gasteiger partial charge in [-0.3, -0.25) is 4.79 Å². The topological polar surface area (TPSA) is 75.2 Å². The van der Waals surface area contributed by atoms with Crippen molar-refractivity contribution < 1.29 is 9.84 Å². The molecule has 0 aliphatic rings. The number of rotatable bonds is 5. The first-order valence-corrected chi connectivity index (χ1v) is 7.33. The summed E-state index contributed by atoms with van der Waals surface area (Å²) in [5, 5.41) is 16.5. The first kappa shape index (κ1) is 16.2. The fraction of sp³-hybridized carbons (Fsp3) is 0.412. The van der Waals surface area contributed by atoms with Gasteiger partial charge in [0.15, 0.2) is 0 Å². The molecule has 0 unspecified atom stereocenters. The molecular weight excluding hydrogens is 280 g/mol. The Morgan fingerprint density at radius 1 is 1.27 bits per heavy atom. The lowest BCUT2D eigenvalue weighted by Crippen LogP contribution is -2.27. The second-order valence-electron chi connectivity index (χ2n) is 6.28. The molecule has 2 rings (SSSR count). The third kappa shape index (κ3) is 3.95. The Hall–Kier alpha value is -2.14. The number of hydrogen-bond donors (Lipinski definition) is 2. The van der Waals surface area contributed by atoms with Crippen LogP contribution in [0, 0.1) is 5.92 Å². The Bertz CT molecular complexity index is 682. The maximum atomic E-state index is 11.8. The first-order chi connectivity index (χ1) is 10.3. The van der Waals surface area contributed by atoms with Gasteiger partial charge in [0.25, 0.3) is 5.56 Å². The van der Waals surface area contributed by atoms with Crippen LogP contribution in [0.25, 0.3) is 11.3 Å². The predicted octanol–water partition coefficient (Wildman–Crippen LogP) is 2.70. The molecule has 0 saturated carbocycles. The monoisotopic (exact) mass is 302 g/mol. The van der Waals surface area contributed by atoms with Crippen LogP contribution in [0.2, 0.25) is 0 Å². The van der Waals surface area contributed by atoms with E-state index in [9.17, 15) is 9.90 Å². The number of H-pyrrole nitrogens is 1. The molecule has 0 radical (unpaired) electrons. The van der Waals surface area contributed by atoms with Gasteiger partial charge in [-0.15, -0.1) is 0 Å². The molecular formula is C17H22N2O3. The number of nitrogens with zero attached hydrogens (tertiary/aromatic N) is 1. The zero-order chi connectivity index (χ0) is 16.3. The largest absolute Gasteiger partial charge is 0.493 e. The minimum absolute atomic E-state index is 0.289. The second-order valence-corrected chi connectivity index (χ2v) is 6.28. The van der Waals surface area contributed by atoms with Crippen LogP contribution in [0.15, 0.2) is 35.1 Å². The van der Waals surface area contributed by atoms with Crippen molar-refractivity contribution in [3.8, 4) is 17.0 Å². The average Bonchev–Trinajstić information content (AvgIpc) is 2.45. The van der Waals surface area contributed by atoms with Gasteiger partial charge in [0.1, 0.15) is 5.75 Å². The van der Waals surface area contributed by atoms with E-state index < -0.39 is 5.60 Å². The van der Waals surface area contributed by atoms with Gasteiger partial charge < -0.3 is 9.84 Å². The zero-order valence-corrected chi connectivity index (χ0v) is 13.4. The van der Waals surface area contributed by atoms with Crippen molar-refractivity contribution in [2.75, 3.05) is 6.61 Å². The van der Waals surface area contributed by atoms with Crippen molar-refractivity contribution in [3.63, 3.8) is 0 Å². The maximum absolute atomic E-state index is 11.8. The van der Waals surface area contributed by atoms with Gasteiger partial charge in [-0.05, 0) is 50.1 Å². The second kappa shape index (κ2) is 6.32. The van der Waals surface area contributed by atoms with E-state index >= 15 is 0 Å². The van der Waals surface area contributed by atoms with Gasteiger partial charge >= 0.3 is 0 Å². The maximum Gasteiger partial charge on any atom is 0.270 e. The van der Waals surface area contributed by atoms with Gasteiger partial charge in [-0.2, -0.15) is 5.10 Å². The van der Waals surface area contributed by atoms with Gasteiger partial charge in [-0.25, -0.2) is 5.10 Å². The van der Waals surface area contributed by atoms with Gasteiger partial charge in [0.2, 0.25) is 0 Å². The molecule has 1 aromatic heterocycles. The summed E-state index contributed by atoms with van der Waals surface area (Å²) in [6.07, 6.45) is 0. The van der Waals surface area contributed by atoms with E-state index in [1.165, 1.54) is 0 Å². The number of aliphatic hydroxyl groups is 1. The predicted molar refractivity (Wildman–Crippen MR) is 85.9 cm³/mol. The van der Waals surface area contributed by atoms with Crippen LogP contribution in [-0.4, -0.2) is 21.9 Å². The van der Waals surface area contributed by atoms with Gasteiger partial charge in [-0.1, -0.05) is 13.8 Å². The summed E-state index contributed by atoms with van der Waals surface area (Å²) in [4.78, 5) is 11.8. The molecule has 0 saturated heterocycles. The van der Waals surface area contributed by atoms with Crippen molar-refractivity contribution in [1.82, 2.24) is 10.2 Å². The van der Waals surface area contributed by atoms with Crippen LogP contribution in [0.4, 0.5) is 0 Å². The van der Waals surface area contributed by atoms with E-state index in [0.717, 1.165) is 11.3 Å². The summed E-state index contributed by atoms with van der Waals surface area (Å²) in [7, 11) is 0. The molecule has 0 spiro atoms. The third-order valence-corrected chi connectivity index (χ3v) is 3.20. The molecule has 2 aromatic rings. The van der Waals surface area contributed by atoms with Crippen LogP contribution in [0.1, 0.15) is 33.3 Å². The SMILES string of the molecule is CC(C)COc1ccc(-c2cc(C(C)(C)O)c(=O)[nH]n2)cc1. The summed E-state index contributed by atoms with van der Waals surface area (Å²) in [6, 6.07) is 9.11. The summed E-state index contributed by atoms with van der Waals surface area (Å²) in [6.45, 7) is 8.00. The molecule has 5 nitrogen and oxygen atoms in total. The third-order valence-electron chi connectivity index (χ3n) is 3.20. The minimum Gasteiger partial charge on any atom is -0.493 e. The molecule has 5 heteroatoms. The highest BCUT2D eigenvalue weighted by Crippen LogP contribution is 2.23. The Morgan fingerprint density at radius 3 is 2.45 bits per heavy atom. The zero-order valence-electron chi connectivity index (χ0n) is 13.4. The van der Waals surface area contributed by atoms with Crippen molar-refractivity contribution >= 4 is 0 Å². The summed E-state index contributed by atoms with van der Waals surface area (Å²) < 4.78 is 5.64. The van der Waals surface area contributed by atoms with E-state index in [1.54, 1.807) is 19.9 Å². The number of nitrogens with one attached hydrogen (secondary N) is 1. The van der Waals surface area contributed by atoms with E-state index in [1.807, 2.05) is 24.3 Å². The molecule has 0 bridgehead atoms. The minimum atomic E-state index is -1.22. The Labute approximate surface area is 130 Å². The van der Waals surface area contributed by atoms with Crippen LogP contribution >= 0.6 is 0 Å². The first-order valence-electron chi connectivity index (χ1n) is 7.33. The number of benzene rings is 1. The highest BCUT2D eigenvalue weighted by atomic mass is 16.5. The summed E-state index contributed by atoms with van der Waals surface area (Å²) in [5.41, 5.74) is 0.141. The quantitative estimate of drug-likeness (QED) is 0.890. The Morgan fingerprint density at radius 2 is 1.91 bits per heavy atom. The number of aromatic amines is 1. The molecule has 0 atom stereocenters. The van der Waals surface area contributed by atoms with Crippen LogP contribution in [0.5, 0.6) is 5.75 Å². The van der Waals surface area contributed by atoms with Crippen molar-refractivity contribution in [2.24, 2.45) is 5.92 Å². The van der Waals surface area contributed by atoms with Gasteiger partial charge in [0, 0.05) is 5.56 Å². The smallest absolute Gasteiger partial charge is 0.270 e. The molecule has 2 N–H and O–H groups in total. The van der Waals surface area contributed by atoms with Crippen LogP contribution in [0.3, 0.4) is 0 Å². The summed E-state index contributed by atoms with van der Waals surface area (Å²) in [5.74, 6) is 1.26. The lowest BCUT2D eigenvalue weighted by Gasteiger charge is -2.16. The molecule has 0 fully saturated rings. The Balaban J connectivity index is 2.27. The van der Waals surface area contributed by atoms with Crippen molar-refractivity contribution in [2.45, 2.75) is 33.3 Å². The fourth-order valence-corrected chi connectivity index (χ4v) is 1.99. The molecule has 0 amide bonds. The van der Waals surface area contributed by atoms with E-state index in [0.29, 0.717) is 18.2 Å². The molecule has 1 heterocycles. The van der Waals surface area contributed by atoms with Gasteiger partial charge in [0.05, 0.1) is 23.5 Å². The molecule has 0 aliphatic carbocycles.